The molecule has 1 N–H and O–H groups in total. The molecule has 0 aliphatic heterocycles. The number of carbonyl (C=O) groups excluding carboxylic acids is 2. The predicted molar refractivity (Wildman–Crippen MR) is 120 cm³/mol. The third kappa shape index (κ3) is 5.85. The molecule has 4 nitrogen and oxygen atoms in total. The lowest BCUT2D eigenvalue weighted by molar-refractivity contribution is -0.116. The Morgan fingerprint density at radius 3 is 1.80 bits per heavy atom. The molecule has 0 aromatic heterocycles. The molecule has 3 rings (SSSR count). The van der Waals surface area contributed by atoms with Gasteiger partial charge in [0.25, 0.3) is 0 Å². The van der Waals surface area contributed by atoms with Gasteiger partial charge in [-0.05, 0) is 66.6 Å². The summed E-state index contributed by atoms with van der Waals surface area (Å²) in [5, 5.41) is 4.17. The SMILES string of the molecule is CCOC(=O)c1ccc(NC(=O)CC(c2ccc(Cl)cc2)c2ccc(Cl)cc2)cc1. The number of hydrogen-bond donors (Lipinski definition) is 1. The molecule has 0 aliphatic carbocycles. The molecule has 1 amide bonds. The van der Waals surface area contributed by atoms with Gasteiger partial charge in [-0.2, -0.15) is 0 Å². The van der Waals surface area contributed by atoms with Gasteiger partial charge in [0.15, 0.2) is 0 Å². The smallest absolute Gasteiger partial charge is 0.338 e. The van der Waals surface area contributed by atoms with E-state index >= 15 is 0 Å². The fraction of sp³-hybridized carbons (Fsp3) is 0.167. The molecular weight excluding hydrogens is 421 g/mol. The van der Waals surface area contributed by atoms with Gasteiger partial charge in [-0.15, -0.1) is 0 Å². The van der Waals surface area contributed by atoms with Crippen molar-refractivity contribution in [3.8, 4) is 0 Å². The molecule has 0 fully saturated rings. The average molecular weight is 442 g/mol. The largest absolute Gasteiger partial charge is 0.462 e. The Morgan fingerprint density at radius 1 is 0.833 bits per heavy atom. The van der Waals surface area contributed by atoms with E-state index in [1.54, 1.807) is 31.2 Å². The van der Waals surface area contributed by atoms with Crippen LogP contribution in [0.2, 0.25) is 10.0 Å². The molecule has 0 bridgehead atoms. The second-order valence-corrected chi connectivity index (χ2v) is 7.58. The number of amides is 1. The molecular formula is C24H21Cl2NO3. The zero-order valence-corrected chi connectivity index (χ0v) is 17.9. The first kappa shape index (κ1) is 21.9. The molecule has 0 saturated carbocycles. The first-order chi connectivity index (χ1) is 14.5. The standard InChI is InChI=1S/C24H21Cl2NO3/c1-2-30-24(29)18-7-13-21(14-8-18)27-23(28)15-22(16-3-9-19(25)10-4-16)17-5-11-20(26)12-6-17/h3-14,22H,2,15H2,1H3,(H,27,28). The molecule has 0 saturated heterocycles. The average Bonchev–Trinajstić information content (AvgIpc) is 2.74. The summed E-state index contributed by atoms with van der Waals surface area (Å²) in [6.07, 6.45) is 0.239. The summed E-state index contributed by atoms with van der Waals surface area (Å²) in [7, 11) is 0. The zero-order valence-electron chi connectivity index (χ0n) is 16.4. The van der Waals surface area contributed by atoms with Crippen LogP contribution in [0.25, 0.3) is 0 Å². The lowest BCUT2D eigenvalue weighted by atomic mass is 9.88. The van der Waals surface area contributed by atoms with E-state index in [0.717, 1.165) is 11.1 Å². The summed E-state index contributed by atoms with van der Waals surface area (Å²) < 4.78 is 4.97. The van der Waals surface area contributed by atoms with E-state index in [0.29, 0.717) is 27.9 Å². The second-order valence-electron chi connectivity index (χ2n) is 6.71. The number of carbonyl (C=O) groups is 2. The number of benzene rings is 3. The minimum absolute atomic E-state index is 0.145. The van der Waals surface area contributed by atoms with Crippen LogP contribution < -0.4 is 5.32 Å². The van der Waals surface area contributed by atoms with Gasteiger partial charge in [0.05, 0.1) is 12.2 Å². The Hall–Kier alpha value is -2.82. The number of anilines is 1. The van der Waals surface area contributed by atoms with Crippen molar-refractivity contribution in [2.24, 2.45) is 0 Å². The molecule has 154 valence electrons. The lowest BCUT2D eigenvalue weighted by Crippen LogP contribution is -2.16. The molecule has 0 spiro atoms. The van der Waals surface area contributed by atoms with E-state index < -0.39 is 0 Å². The number of rotatable bonds is 7. The third-order valence-electron chi connectivity index (χ3n) is 4.61. The van der Waals surface area contributed by atoms with Gasteiger partial charge in [0.1, 0.15) is 0 Å². The van der Waals surface area contributed by atoms with Crippen molar-refractivity contribution in [3.05, 3.63) is 99.5 Å². The highest BCUT2D eigenvalue weighted by Gasteiger charge is 2.19. The van der Waals surface area contributed by atoms with E-state index in [2.05, 4.69) is 5.32 Å². The molecule has 3 aromatic rings. The highest BCUT2D eigenvalue weighted by Crippen LogP contribution is 2.30. The van der Waals surface area contributed by atoms with Crippen LogP contribution in [0.4, 0.5) is 5.69 Å². The maximum atomic E-state index is 12.8. The van der Waals surface area contributed by atoms with E-state index in [1.165, 1.54) is 0 Å². The van der Waals surface area contributed by atoms with Gasteiger partial charge in [0, 0.05) is 28.1 Å². The fourth-order valence-corrected chi connectivity index (χ4v) is 3.37. The van der Waals surface area contributed by atoms with Crippen molar-refractivity contribution in [2.45, 2.75) is 19.3 Å². The Balaban J connectivity index is 1.75. The van der Waals surface area contributed by atoms with Crippen molar-refractivity contribution in [2.75, 3.05) is 11.9 Å². The van der Waals surface area contributed by atoms with Crippen molar-refractivity contribution in [3.63, 3.8) is 0 Å². The van der Waals surface area contributed by atoms with Gasteiger partial charge in [-0.3, -0.25) is 4.79 Å². The van der Waals surface area contributed by atoms with Crippen LogP contribution in [-0.4, -0.2) is 18.5 Å². The number of hydrogen-bond acceptors (Lipinski definition) is 3. The number of esters is 1. The predicted octanol–water partition coefficient (Wildman–Crippen LogP) is 6.33. The Morgan fingerprint density at radius 2 is 1.33 bits per heavy atom. The first-order valence-corrected chi connectivity index (χ1v) is 10.3. The number of halogens is 2. The Labute approximate surface area is 185 Å². The molecule has 3 aromatic carbocycles. The molecule has 0 radical (unpaired) electrons. The minimum Gasteiger partial charge on any atom is -0.462 e. The summed E-state index contributed by atoms with van der Waals surface area (Å²) >= 11 is 12.0. The van der Waals surface area contributed by atoms with Crippen LogP contribution in [0.3, 0.4) is 0 Å². The van der Waals surface area contributed by atoms with Gasteiger partial charge in [-0.1, -0.05) is 47.5 Å². The van der Waals surface area contributed by atoms with Gasteiger partial charge >= 0.3 is 5.97 Å². The minimum atomic E-state index is -0.388. The third-order valence-corrected chi connectivity index (χ3v) is 5.12. The summed E-state index contributed by atoms with van der Waals surface area (Å²) in [5.41, 5.74) is 3.01. The first-order valence-electron chi connectivity index (χ1n) is 9.54. The summed E-state index contributed by atoms with van der Waals surface area (Å²) in [6.45, 7) is 2.07. The van der Waals surface area contributed by atoms with Crippen molar-refractivity contribution in [1.29, 1.82) is 0 Å². The highest BCUT2D eigenvalue weighted by molar-refractivity contribution is 6.30. The summed E-state index contributed by atoms with van der Waals surface area (Å²) in [4.78, 5) is 24.5. The molecule has 0 unspecified atom stereocenters. The van der Waals surface area contributed by atoms with Crippen molar-refractivity contribution in [1.82, 2.24) is 0 Å². The summed E-state index contributed by atoms with van der Waals surface area (Å²) in [5.74, 6) is -0.687. The van der Waals surface area contributed by atoms with E-state index in [1.807, 2.05) is 48.5 Å². The van der Waals surface area contributed by atoms with E-state index in [4.69, 9.17) is 27.9 Å². The Kier molecular flexibility index (Phi) is 7.50. The zero-order chi connectivity index (χ0) is 21.5. The van der Waals surface area contributed by atoms with Gasteiger partial charge in [-0.25, -0.2) is 4.79 Å². The maximum Gasteiger partial charge on any atom is 0.338 e. The fourth-order valence-electron chi connectivity index (χ4n) is 3.12. The van der Waals surface area contributed by atoms with Crippen LogP contribution in [0.5, 0.6) is 0 Å². The second kappa shape index (κ2) is 10.3. The highest BCUT2D eigenvalue weighted by atomic mass is 35.5. The quantitative estimate of drug-likeness (QED) is 0.435. The maximum absolute atomic E-state index is 12.8. The van der Waals surface area contributed by atoms with Crippen LogP contribution in [0, 0.1) is 0 Å². The molecule has 30 heavy (non-hydrogen) atoms. The van der Waals surface area contributed by atoms with Crippen LogP contribution in [-0.2, 0) is 9.53 Å². The summed E-state index contributed by atoms with van der Waals surface area (Å²) in [6, 6.07) is 21.5. The van der Waals surface area contributed by atoms with Crippen LogP contribution in [0.1, 0.15) is 40.7 Å². The molecule has 0 heterocycles. The van der Waals surface area contributed by atoms with E-state index in [-0.39, 0.29) is 24.2 Å². The molecule has 0 aliphatic rings. The number of ether oxygens (including phenoxy) is 1. The van der Waals surface area contributed by atoms with Crippen LogP contribution >= 0.6 is 23.2 Å². The van der Waals surface area contributed by atoms with E-state index in [9.17, 15) is 9.59 Å². The number of nitrogens with one attached hydrogen (secondary N) is 1. The monoisotopic (exact) mass is 441 g/mol. The normalized spacial score (nSPS) is 10.7. The van der Waals surface area contributed by atoms with Gasteiger partial charge < -0.3 is 10.1 Å². The lowest BCUT2D eigenvalue weighted by Gasteiger charge is -2.18. The Bertz CT molecular complexity index is 955. The van der Waals surface area contributed by atoms with Gasteiger partial charge in [0.2, 0.25) is 5.91 Å². The molecule has 0 atom stereocenters. The van der Waals surface area contributed by atoms with Crippen molar-refractivity contribution < 1.29 is 14.3 Å². The topological polar surface area (TPSA) is 55.4 Å². The van der Waals surface area contributed by atoms with Crippen molar-refractivity contribution >= 4 is 40.8 Å². The van der Waals surface area contributed by atoms with Crippen LogP contribution in [0.15, 0.2) is 72.8 Å². The molecule has 6 heteroatoms.